The zero-order valence-electron chi connectivity index (χ0n) is 26.8. The number of carboxylic acid groups (broad SMARTS) is 1. The molecule has 3 aromatic rings. The fraction of sp³-hybridized carbons (Fsp3) is 0.257. The van der Waals surface area contributed by atoms with Crippen molar-refractivity contribution in [3.63, 3.8) is 0 Å². The number of carbonyl (C=O) groups is 2. The number of ether oxygens (including phenoxy) is 7. The van der Waals surface area contributed by atoms with Crippen molar-refractivity contribution in [2.75, 3.05) is 20.8 Å². The Hall–Kier alpha value is -5.94. The van der Waals surface area contributed by atoms with E-state index in [1.807, 2.05) is 0 Å². The molecule has 0 saturated carbocycles. The number of allylic oxidation sites excluding steroid dienone is 2. The lowest BCUT2D eigenvalue weighted by Gasteiger charge is -2.42. The Morgan fingerprint density at radius 3 is 2.18 bits per heavy atom. The number of hydrogen-bond acceptors (Lipinski definition) is 15. The first-order valence-corrected chi connectivity index (χ1v) is 15.2. The summed E-state index contributed by atoms with van der Waals surface area (Å²) in [5, 5.41) is 72.8. The van der Waals surface area contributed by atoms with E-state index in [4.69, 9.17) is 33.2 Å². The van der Waals surface area contributed by atoms with Crippen molar-refractivity contribution in [1.29, 1.82) is 0 Å². The van der Waals surface area contributed by atoms with Gasteiger partial charge >= 0.3 is 11.9 Å². The van der Waals surface area contributed by atoms with Crippen LogP contribution in [0.1, 0.15) is 22.8 Å². The molecule has 0 bridgehead atoms. The average Bonchev–Trinajstić information content (AvgIpc) is 3.11. The minimum atomic E-state index is -1.90. The van der Waals surface area contributed by atoms with E-state index in [-0.39, 0.29) is 62.7 Å². The number of aliphatic hydroxyl groups is 3. The number of aromatic hydroxyl groups is 3. The van der Waals surface area contributed by atoms with Crippen LogP contribution in [0.4, 0.5) is 0 Å². The van der Waals surface area contributed by atoms with Gasteiger partial charge in [0.05, 0.1) is 19.8 Å². The van der Waals surface area contributed by atoms with Crippen molar-refractivity contribution in [3.8, 4) is 40.2 Å². The molecule has 0 spiro atoms. The maximum absolute atomic E-state index is 12.5. The number of methoxy groups -OCH3 is 2. The molecule has 3 heterocycles. The summed E-state index contributed by atoms with van der Waals surface area (Å²) in [6, 6.07) is 11.2. The number of hydrogen-bond donors (Lipinski definition) is 7. The van der Waals surface area contributed by atoms with Gasteiger partial charge in [-0.2, -0.15) is 0 Å². The second-order valence-electron chi connectivity index (χ2n) is 11.5. The molecular weight excluding hydrogens is 676 g/mol. The van der Waals surface area contributed by atoms with Crippen molar-refractivity contribution < 1.29 is 78.5 Å². The number of esters is 1. The van der Waals surface area contributed by atoms with Gasteiger partial charge in [-0.3, -0.25) is 0 Å². The van der Waals surface area contributed by atoms with Gasteiger partial charge in [0.25, 0.3) is 0 Å². The SMILES string of the molecule is COc1cc(C2Oc3cc(O)cc4c3C(=C2OC2O[C@H](COC(=O)/C=C/c3ccc(O)cc3)[C@@H](O)[C@H](O)[C@H]2O)C=C(C(=O)O)O4)cc(OC)c1O. The number of carbonyl (C=O) groups excluding carboxylic acids is 1. The van der Waals surface area contributed by atoms with E-state index in [0.717, 1.165) is 18.2 Å². The number of phenols is 3. The Bertz CT molecular complexity index is 1910. The zero-order valence-corrected chi connectivity index (χ0v) is 26.8. The summed E-state index contributed by atoms with van der Waals surface area (Å²) in [5.74, 6) is -3.83. The van der Waals surface area contributed by atoms with E-state index < -0.39 is 61.1 Å². The van der Waals surface area contributed by atoms with Gasteiger partial charge in [0.15, 0.2) is 23.4 Å². The molecule has 16 heteroatoms. The predicted molar refractivity (Wildman–Crippen MR) is 172 cm³/mol. The van der Waals surface area contributed by atoms with E-state index in [1.165, 1.54) is 50.6 Å². The lowest BCUT2D eigenvalue weighted by atomic mass is 9.91. The first kappa shape index (κ1) is 34.9. The van der Waals surface area contributed by atoms with Crippen LogP contribution in [-0.2, 0) is 23.8 Å². The molecule has 2 unspecified atom stereocenters. The highest BCUT2D eigenvalue weighted by Gasteiger charge is 2.48. The third-order valence-electron chi connectivity index (χ3n) is 8.19. The van der Waals surface area contributed by atoms with Gasteiger partial charge in [-0.25, -0.2) is 9.59 Å². The Balaban J connectivity index is 1.36. The summed E-state index contributed by atoms with van der Waals surface area (Å²) >= 11 is 0. The van der Waals surface area contributed by atoms with Crippen molar-refractivity contribution >= 4 is 23.6 Å². The molecule has 3 aliphatic heterocycles. The largest absolute Gasteiger partial charge is 0.508 e. The first-order chi connectivity index (χ1) is 24.4. The zero-order chi connectivity index (χ0) is 36.6. The van der Waals surface area contributed by atoms with Gasteiger partial charge < -0.3 is 68.9 Å². The van der Waals surface area contributed by atoms with Crippen molar-refractivity contribution in [3.05, 3.63) is 88.9 Å². The van der Waals surface area contributed by atoms with Gasteiger partial charge in [-0.15, -0.1) is 0 Å². The number of aliphatic hydroxyl groups excluding tert-OH is 3. The number of rotatable bonds is 10. The molecule has 0 radical (unpaired) electrons. The highest BCUT2D eigenvalue weighted by molar-refractivity contribution is 5.95. The molecule has 3 aliphatic rings. The van der Waals surface area contributed by atoms with Crippen LogP contribution in [0, 0.1) is 0 Å². The summed E-state index contributed by atoms with van der Waals surface area (Å²) in [6.45, 7) is -0.592. The van der Waals surface area contributed by atoms with Crippen LogP contribution < -0.4 is 18.9 Å². The predicted octanol–water partition coefficient (Wildman–Crippen LogP) is 2.11. The molecule has 1 saturated heterocycles. The molecular formula is C35H32O16. The molecule has 51 heavy (non-hydrogen) atoms. The Labute approximate surface area is 288 Å². The molecule has 0 amide bonds. The van der Waals surface area contributed by atoms with Crippen LogP contribution in [0.3, 0.4) is 0 Å². The fourth-order valence-corrected chi connectivity index (χ4v) is 5.64. The van der Waals surface area contributed by atoms with Crippen molar-refractivity contribution in [2.24, 2.45) is 0 Å². The maximum Gasteiger partial charge on any atom is 0.371 e. The summed E-state index contributed by atoms with van der Waals surface area (Å²) in [4.78, 5) is 24.6. The number of aliphatic carboxylic acids is 1. The van der Waals surface area contributed by atoms with Crippen molar-refractivity contribution in [2.45, 2.75) is 36.8 Å². The van der Waals surface area contributed by atoms with Gasteiger partial charge in [0, 0.05) is 35.4 Å². The Morgan fingerprint density at radius 2 is 1.53 bits per heavy atom. The fourth-order valence-electron chi connectivity index (χ4n) is 5.64. The smallest absolute Gasteiger partial charge is 0.371 e. The third-order valence-corrected chi connectivity index (χ3v) is 8.19. The van der Waals surface area contributed by atoms with Crippen LogP contribution in [0.15, 0.2) is 72.2 Å². The lowest BCUT2D eigenvalue weighted by Crippen LogP contribution is -2.59. The molecule has 6 rings (SSSR count). The molecule has 16 nitrogen and oxygen atoms in total. The van der Waals surface area contributed by atoms with Crippen LogP contribution >= 0.6 is 0 Å². The minimum Gasteiger partial charge on any atom is -0.508 e. The monoisotopic (exact) mass is 708 g/mol. The molecule has 268 valence electrons. The van der Waals surface area contributed by atoms with Gasteiger partial charge in [-0.05, 0) is 35.9 Å². The molecule has 6 atom stereocenters. The summed E-state index contributed by atoms with van der Waals surface area (Å²) in [5.41, 5.74) is 1.03. The molecule has 3 aromatic carbocycles. The normalized spacial score (nSPS) is 23.7. The lowest BCUT2D eigenvalue weighted by molar-refractivity contribution is -0.294. The third kappa shape index (κ3) is 6.93. The Morgan fingerprint density at radius 1 is 0.863 bits per heavy atom. The van der Waals surface area contributed by atoms with Crippen LogP contribution in [0.5, 0.6) is 40.2 Å². The van der Waals surface area contributed by atoms with Crippen LogP contribution in [-0.4, -0.2) is 99.2 Å². The Kier molecular flexibility index (Phi) is 9.67. The second-order valence-corrected chi connectivity index (χ2v) is 11.5. The average molecular weight is 709 g/mol. The maximum atomic E-state index is 12.5. The van der Waals surface area contributed by atoms with E-state index in [0.29, 0.717) is 5.56 Å². The van der Waals surface area contributed by atoms with Gasteiger partial charge in [0.2, 0.25) is 17.8 Å². The standard InChI is InChI=1S/C35H32O16/c1-45-22-9-16(10-23(46-2)28(22)39)32-33(19-13-24(34(43)44)48-20-11-18(37)12-21(49-32)27(19)20)51-35-31(42)30(41)29(40)25(50-35)14-47-26(38)8-5-15-3-6-17(36)7-4-15/h3-13,25,29-32,35-37,39-42H,14H2,1-2H3,(H,43,44)/b8-5+/t25-,29-,30+,31-,32?,35?/m1/s1. The summed E-state index contributed by atoms with van der Waals surface area (Å²) in [6.07, 6.45) is -6.41. The number of benzene rings is 3. The van der Waals surface area contributed by atoms with Crippen LogP contribution in [0.25, 0.3) is 11.6 Å². The van der Waals surface area contributed by atoms with E-state index >= 15 is 0 Å². The highest BCUT2D eigenvalue weighted by Crippen LogP contribution is 2.53. The van der Waals surface area contributed by atoms with Crippen molar-refractivity contribution in [1.82, 2.24) is 0 Å². The van der Waals surface area contributed by atoms with Gasteiger partial charge in [-0.1, -0.05) is 12.1 Å². The quantitative estimate of drug-likeness (QED) is 0.118. The molecule has 7 N–H and O–H groups in total. The molecule has 0 aromatic heterocycles. The van der Waals surface area contributed by atoms with E-state index in [1.54, 1.807) is 12.1 Å². The molecule has 0 aliphatic carbocycles. The summed E-state index contributed by atoms with van der Waals surface area (Å²) < 4.78 is 39.6. The highest BCUT2D eigenvalue weighted by atomic mass is 16.7. The number of carboxylic acids is 1. The number of phenolic OH excluding ortho intramolecular Hbond substituents is 3. The first-order valence-electron chi connectivity index (χ1n) is 15.2. The summed E-state index contributed by atoms with van der Waals surface area (Å²) in [7, 11) is 2.59. The second kappa shape index (κ2) is 14.1. The molecule has 1 fully saturated rings. The van der Waals surface area contributed by atoms with E-state index in [2.05, 4.69) is 0 Å². The minimum absolute atomic E-state index is 0.0368. The van der Waals surface area contributed by atoms with Gasteiger partial charge in [0.1, 0.15) is 54.0 Å². The van der Waals surface area contributed by atoms with E-state index in [9.17, 15) is 45.3 Å². The topological polar surface area (TPSA) is 240 Å². The van der Waals surface area contributed by atoms with Crippen LogP contribution in [0.2, 0.25) is 0 Å².